The van der Waals surface area contributed by atoms with Gasteiger partial charge in [-0.05, 0) is 40.5 Å². The van der Waals surface area contributed by atoms with Gasteiger partial charge in [0.25, 0.3) is 0 Å². The molecule has 1 aromatic rings. The van der Waals surface area contributed by atoms with Crippen molar-refractivity contribution in [3.8, 4) is 11.5 Å². The van der Waals surface area contributed by atoms with Crippen molar-refractivity contribution in [2.45, 2.75) is 6.42 Å². The van der Waals surface area contributed by atoms with Gasteiger partial charge in [-0.25, -0.2) is 0 Å². The summed E-state index contributed by atoms with van der Waals surface area (Å²) in [5.74, 6) is -1.15. The zero-order valence-electron chi connectivity index (χ0n) is 7.68. The van der Waals surface area contributed by atoms with Crippen molar-refractivity contribution in [3.05, 3.63) is 21.9 Å². The minimum Gasteiger partial charge on any atom is -0.505 e. The van der Waals surface area contributed by atoms with E-state index < -0.39 is 11.6 Å². The van der Waals surface area contributed by atoms with Gasteiger partial charge in [0.1, 0.15) is 0 Å². The van der Waals surface area contributed by atoms with Crippen molar-refractivity contribution in [2.75, 3.05) is 13.7 Å². The van der Waals surface area contributed by atoms with Gasteiger partial charge < -0.3 is 15.6 Å². The molecule has 0 spiro atoms. The quantitative estimate of drug-likeness (QED) is 0.875. The van der Waals surface area contributed by atoms with Gasteiger partial charge in [-0.3, -0.25) is 0 Å². The zero-order valence-corrected chi connectivity index (χ0v) is 9.27. The van der Waals surface area contributed by atoms with Crippen LogP contribution in [0.5, 0.6) is 11.5 Å². The van der Waals surface area contributed by atoms with Crippen molar-refractivity contribution >= 4 is 15.9 Å². The van der Waals surface area contributed by atoms with Crippen LogP contribution in [0.3, 0.4) is 0 Å². The van der Waals surface area contributed by atoms with E-state index in [2.05, 4.69) is 15.9 Å². The van der Waals surface area contributed by atoms with Crippen LogP contribution < -0.4 is 10.5 Å². The molecule has 0 unspecified atom stereocenters. The maximum atomic E-state index is 13.4. The average molecular weight is 264 g/mol. The molecule has 0 bridgehead atoms. The third-order valence-corrected chi connectivity index (χ3v) is 2.44. The van der Waals surface area contributed by atoms with Crippen LogP contribution in [0.1, 0.15) is 5.56 Å². The number of phenolic OH excluding ortho intramolecular Hbond substituents is 1. The number of rotatable bonds is 3. The molecular formula is C9H11BrFNO2. The Morgan fingerprint density at radius 2 is 2.29 bits per heavy atom. The van der Waals surface area contributed by atoms with Crippen LogP contribution in [0.15, 0.2) is 10.5 Å². The molecule has 0 amide bonds. The minimum absolute atomic E-state index is 0.00303. The molecule has 78 valence electrons. The summed E-state index contributed by atoms with van der Waals surface area (Å²) < 4.78 is 18.6. The number of benzene rings is 1. The van der Waals surface area contributed by atoms with Gasteiger partial charge in [0, 0.05) is 0 Å². The summed E-state index contributed by atoms with van der Waals surface area (Å²) in [4.78, 5) is 0. The average Bonchev–Trinajstić information content (AvgIpc) is 2.15. The summed E-state index contributed by atoms with van der Waals surface area (Å²) in [5, 5.41) is 9.43. The molecule has 0 aliphatic heterocycles. The van der Waals surface area contributed by atoms with Gasteiger partial charge in [-0.15, -0.1) is 0 Å². The number of hydrogen-bond acceptors (Lipinski definition) is 3. The lowest BCUT2D eigenvalue weighted by Crippen LogP contribution is -2.04. The summed E-state index contributed by atoms with van der Waals surface area (Å²) in [6.07, 6.45) is 0.422. The first-order valence-corrected chi connectivity index (χ1v) is 4.85. The topological polar surface area (TPSA) is 55.5 Å². The molecule has 0 fully saturated rings. The second kappa shape index (κ2) is 4.61. The van der Waals surface area contributed by atoms with Crippen LogP contribution in [0.25, 0.3) is 0 Å². The van der Waals surface area contributed by atoms with Gasteiger partial charge in [-0.1, -0.05) is 0 Å². The molecule has 14 heavy (non-hydrogen) atoms. The first-order valence-electron chi connectivity index (χ1n) is 4.05. The highest BCUT2D eigenvalue weighted by molar-refractivity contribution is 9.10. The van der Waals surface area contributed by atoms with Gasteiger partial charge in [0.2, 0.25) is 5.82 Å². The molecule has 0 aromatic heterocycles. The van der Waals surface area contributed by atoms with E-state index in [0.717, 1.165) is 0 Å². The fourth-order valence-corrected chi connectivity index (χ4v) is 1.79. The molecule has 5 heteroatoms. The Morgan fingerprint density at radius 1 is 1.64 bits per heavy atom. The van der Waals surface area contributed by atoms with E-state index in [0.29, 0.717) is 23.0 Å². The highest BCUT2D eigenvalue weighted by Gasteiger charge is 2.16. The fraction of sp³-hybridized carbons (Fsp3) is 0.333. The van der Waals surface area contributed by atoms with E-state index >= 15 is 0 Å². The Kier molecular flexibility index (Phi) is 3.71. The Hall–Kier alpha value is -0.810. The lowest BCUT2D eigenvalue weighted by molar-refractivity contribution is 0.360. The Balaban J connectivity index is 3.25. The van der Waals surface area contributed by atoms with Crippen molar-refractivity contribution in [1.29, 1.82) is 0 Å². The molecule has 0 saturated heterocycles. The number of ether oxygens (including phenoxy) is 1. The SMILES string of the molecule is COc1c(Br)cc(CCN)c(O)c1F. The van der Waals surface area contributed by atoms with E-state index in [-0.39, 0.29) is 5.75 Å². The maximum Gasteiger partial charge on any atom is 0.208 e. The van der Waals surface area contributed by atoms with Crippen molar-refractivity contribution in [2.24, 2.45) is 5.73 Å². The third kappa shape index (κ3) is 1.99. The van der Waals surface area contributed by atoms with Crippen LogP contribution in [0, 0.1) is 5.82 Å². The maximum absolute atomic E-state index is 13.4. The molecule has 0 aliphatic rings. The summed E-state index contributed by atoms with van der Waals surface area (Å²) in [7, 11) is 1.34. The zero-order chi connectivity index (χ0) is 10.7. The van der Waals surface area contributed by atoms with E-state index in [1.54, 1.807) is 6.07 Å². The van der Waals surface area contributed by atoms with Crippen molar-refractivity contribution in [1.82, 2.24) is 0 Å². The highest BCUT2D eigenvalue weighted by Crippen LogP contribution is 2.36. The number of nitrogens with two attached hydrogens (primary N) is 1. The Morgan fingerprint density at radius 3 is 2.79 bits per heavy atom. The van der Waals surface area contributed by atoms with E-state index in [4.69, 9.17) is 10.5 Å². The number of halogens is 2. The van der Waals surface area contributed by atoms with Crippen LogP contribution >= 0.6 is 15.9 Å². The molecule has 0 aliphatic carbocycles. The van der Waals surface area contributed by atoms with Gasteiger partial charge >= 0.3 is 0 Å². The lowest BCUT2D eigenvalue weighted by Gasteiger charge is -2.10. The molecule has 1 aromatic carbocycles. The standard InChI is InChI=1S/C9H11BrFNO2/c1-14-9-6(10)4-5(2-3-12)8(13)7(9)11/h4,13H,2-3,12H2,1H3. The number of aromatic hydroxyl groups is 1. The molecule has 3 N–H and O–H groups in total. The van der Waals surface area contributed by atoms with Crippen LogP contribution in [-0.2, 0) is 6.42 Å². The van der Waals surface area contributed by atoms with Crippen molar-refractivity contribution in [3.63, 3.8) is 0 Å². The molecule has 1 rings (SSSR count). The van der Waals surface area contributed by atoms with E-state index in [1.165, 1.54) is 7.11 Å². The monoisotopic (exact) mass is 263 g/mol. The molecule has 0 saturated carbocycles. The molecule has 0 heterocycles. The third-order valence-electron chi connectivity index (χ3n) is 1.85. The highest BCUT2D eigenvalue weighted by atomic mass is 79.9. The van der Waals surface area contributed by atoms with Gasteiger partial charge in [0.05, 0.1) is 11.6 Å². The first kappa shape index (κ1) is 11.3. The molecule has 0 atom stereocenters. The summed E-state index contributed by atoms with van der Waals surface area (Å²) in [5.41, 5.74) is 5.79. The Bertz CT molecular complexity index is 344. The van der Waals surface area contributed by atoms with Gasteiger partial charge in [-0.2, -0.15) is 4.39 Å². The second-order valence-corrected chi connectivity index (χ2v) is 3.61. The predicted molar refractivity (Wildman–Crippen MR) is 55.1 cm³/mol. The Labute approximate surface area is 89.8 Å². The van der Waals surface area contributed by atoms with Crippen LogP contribution in [0.4, 0.5) is 4.39 Å². The second-order valence-electron chi connectivity index (χ2n) is 2.75. The fourth-order valence-electron chi connectivity index (χ4n) is 1.17. The summed E-state index contributed by atoms with van der Waals surface area (Å²) in [6, 6.07) is 1.60. The van der Waals surface area contributed by atoms with E-state index in [9.17, 15) is 9.50 Å². The summed E-state index contributed by atoms with van der Waals surface area (Å²) >= 11 is 3.15. The van der Waals surface area contributed by atoms with Crippen LogP contribution in [-0.4, -0.2) is 18.8 Å². The largest absolute Gasteiger partial charge is 0.505 e. The lowest BCUT2D eigenvalue weighted by atomic mass is 10.1. The van der Waals surface area contributed by atoms with Crippen LogP contribution in [0.2, 0.25) is 0 Å². The smallest absolute Gasteiger partial charge is 0.208 e. The normalized spacial score (nSPS) is 10.3. The predicted octanol–water partition coefficient (Wildman–Crippen LogP) is 1.80. The van der Waals surface area contributed by atoms with Gasteiger partial charge in [0.15, 0.2) is 11.5 Å². The number of phenols is 1. The molecule has 0 radical (unpaired) electrons. The minimum atomic E-state index is -0.759. The van der Waals surface area contributed by atoms with Crippen molar-refractivity contribution < 1.29 is 14.2 Å². The number of methoxy groups -OCH3 is 1. The van der Waals surface area contributed by atoms with E-state index in [1.807, 2.05) is 0 Å². The summed E-state index contributed by atoms with van der Waals surface area (Å²) in [6.45, 7) is 0.353. The number of hydrogen-bond donors (Lipinski definition) is 2. The molecular weight excluding hydrogens is 253 g/mol. The molecule has 3 nitrogen and oxygen atoms in total. The first-order chi connectivity index (χ1) is 6.61.